The van der Waals surface area contributed by atoms with Gasteiger partial charge in [0.1, 0.15) is 5.75 Å². The fourth-order valence-electron chi connectivity index (χ4n) is 1.89. The van der Waals surface area contributed by atoms with Crippen LogP contribution in [0.5, 0.6) is 5.75 Å². The van der Waals surface area contributed by atoms with Crippen molar-refractivity contribution < 1.29 is 17.9 Å². The van der Waals surface area contributed by atoms with Crippen molar-refractivity contribution >= 4 is 12.4 Å². The van der Waals surface area contributed by atoms with E-state index in [1.54, 1.807) is 7.11 Å². The van der Waals surface area contributed by atoms with E-state index in [9.17, 15) is 13.2 Å². The minimum Gasteiger partial charge on any atom is -0.497 e. The second-order valence-electron chi connectivity index (χ2n) is 4.59. The molecule has 0 unspecified atom stereocenters. The Hall–Kier alpha value is -1.73. The fraction of sp³-hybridized carbons (Fsp3) is 0.357. The van der Waals surface area contributed by atoms with Crippen molar-refractivity contribution in [3.05, 3.63) is 47.3 Å². The summed E-state index contributed by atoms with van der Waals surface area (Å²) in [6.07, 6.45) is -4.41. The molecule has 2 aromatic rings. The molecular formula is C14H17ClF3N3O. The minimum atomic E-state index is -4.41. The predicted octanol–water partition coefficient (Wildman–Crippen LogP) is 3.16. The van der Waals surface area contributed by atoms with Gasteiger partial charge in [0.25, 0.3) is 0 Å². The molecule has 0 saturated heterocycles. The molecule has 0 aliphatic rings. The molecule has 1 N–H and O–H groups in total. The van der Waals surface area contributed by atoms with Crippen LogP contribution in [0.25, 0.3) is 0 Å². The molecule has 0 bridgehead atoms. The Morgan fingerprint density at radius 2 is 1.82 bits per heavy atom. The molecule has 1 aromatic carbocycles. The second kappa shape index (κ2) is 7.51. The number of methoxy groups -OCH3 is 1. The van der Waals surface area contributed by atoms with E-state index in [0.29, 0.717) is 18.8 Å². The van der Waals surface area contributed by atoms with Gasteiger partial charge in [0, 0.05) is 20.1 Å². The largest absolute Gasteiger partial charge is 0.497 e. The summed E-state index contributed by atoms with van der Waals surface area (Å²) in [5, 5.41) is 6.56. The van der Waals surface area contributed by atoms with Crippen LogP contribution >= 0.6 is 12.4 Å². The molecule has 1 aromatic heterocycles. The summed E-state index contributed by atoms with van der Waals surface area (Å²) in [6, 6.07) is 8.53. The van der Waals surface area contributed by atoms with Gasteiger partial charge in [-0.25, -0.2) is 0 Å². The number of aromatic nitrogens is 2. The highest BCUT2D eigenvalue weighted by Gasteiger charge is 2.34. The van der Waals surface area contributed by atoms with Gasteiger partial charge in [-0.05, 0) is 23.8 Å². The van der Waals surface area contributed by atoms with E-state index in [0.717, 1.165) is 17.4 Å². The second-order valence-corrected chi connectivity index (χ2v) is 4.59. The lowest BCUT2D eigenvalue weighted by Gasteiger charge is -2.06. The maximum Gasteiger partial charge on any atom is 0.435 e. The Bertz CT molecular complexity index is 596. The first-order valence-electron chi connectivity index (χ1n) is 6.34. The molecular weight excluding hydrogens is 319 g/mol. The summed E-state index contributed by atoms with van der Waals surface area (Å²) in [5.41, 5.74) is 0.635. The number of halogens is 4. The lowest BCUT2D eigenvalue weighted by atomic mass is 10.2. The molecule has 0 saturated carbocycles. The lowest BCUT2D eigenvalue weighted by molar-refractivity contribution is -0.141. The van der Waals surface area contributed by atoms with Gasteiger partial charge in [0.2, 0.25) is 0 Å². The van der Waals surface area contributed by atoms with Gasteiger partial charge in [-0.3, -0.25) is 4.68 Å². The van der Waals surface area contributed by atoms with Crippen molar-refractivity contribution in [3.8, 4) is 5.75 Å². The third-order valence-corrected chi connectivity index (χ3v) is 3.06. The van der Waals surface area contributed by atoms with Crippen LogP contribution in [-0.4, -0.2) is 16.9 Å². The van der Waals surface area contributed by atoms with Crippen LogP contribution in [0.1, 0.15) is 17.0 Å². The number of alkyl halides is 3. The molecule has 0 amide bonds. The standard InChI is InChI=1S/C14H16F3N3O.ClH/c1-20-11(7-13(19-20)14(15,16)17)9-18-8-10-3-5-12(21-2)6-4-10;/h3-7,18H,8-9H2,1-2H3;1H. The van der Waals surface area contributed by atoms with E-state index in [-0.39, 0.29) is 12.4 Å². The topological polar surface area (TPSA) is 39.1 Å². The first-order chi connectivity index (χ1) is 9.90. The van der Waals surface area contributed by atoms with E-state index in [2.05, 4.69) is 10.4 Å². The number of benzene rings is 1. The fourth-order valence-corrected chi connectivity index (χ4v) is 1.89. The molecule has 0 aliphatic heterocycles. The van der Waals surface area contributed by atoms with E-state index in [4.69, 9.17) is 4.74 Å². The quantitative estimate of drug-likeness (QED) is 0.912. The van der Waals surface area contributed by atoms with Crippen molar-refractivity contribution in [1.29, 1.82) is 0 Å². The van der Waals surface area contributed by atoms with Crippen molar-refractivity contribution in [3.63, 3.8) is 0 Å². The lowest BCUT2D eigenvalue weighted by Crippen LogP contribution is -2.15. The number of hydrogen-bond donors (Lipinski definition) is 1. The Morgan fingerprint density at radius 1 is 1.18 bits per heavy atom. The van der Waals surface area contributed by atoms with Gasteiger partial charge in [-0.1, -0.05) is 12.1 Å². The van der Waals surface area contributed by atoms with E-state index >= 15 is 0 Å². The number of rotatable bonds is 5. The minimum absolute atomic E-state index is 0. The molecule has 0 atom stereocenters. The molecule has 0 spiro atoms. The average Bonchev–Trinajstić information content (AvgIpc) is 2.81. The Morgan fingerprint density at radius 3 is 2.32 bits per heavy atom. The van der Waals surface area contributed by atoms with Gasteiger partial charge in [-0.2, -0.15) is 18.3 Å². The normalized spacial score (nSPS) is 11.1. The highest BCUT2D eigenvalue weighted by Crippen LogP contribution is 2.28. The van der Waals surface area contributed by atoms with Crippen LogP contribution in [0.3, 0.4) is 0 Å². The van der Waals surface area contributed by atoms with E-state index in [1.165, 1.54) is 11.7 Å². The summed E-state index contributed by atoms with van der Waals surface area (Å²) in [7, 11) is 3.09. The van der Waals surface area contributed by atoms with E-state index < -0.39 is 11.9 Å². The number of aryl methyl sites for hydroxylation is 1. The summed E-state index contributed by atoms with van der Waals surface area (Å²) < 4.78 is 43.9. The highest BCUT2D eigenvalue weighted by atomic mass is 35.5. The monoisotopic (exact) mass is 335 g/mol. The zero-order chi connectivity index (χ0) is 15.5. The molecule has 0 fully saturated rings. The van der Waals surface area contributed by atoms with Crippen LogP contribution in [-0.2, 0) is 26.3 Å². The van der Waals surface area contributed by atoms with Gasteiger partial charge in [0.15, 0.2) is 5.69 Å². The van der Waals surface area contributed by atoms with Crippen LogP contribution in [0, 0.1) is 0 Å². The Kier molecular flexibility index (Phi) is 6.25. The molecule has 8 heteroatoms. The zero-order valence-electron chi connectivity index (χ0n) is 12.1. The van der Waals surface area contributed by atoms with Gasteiger partial charge >= 0.3 is 6.18 Å². The first-order valence-corrected chi connectivity index (χ1v) is 6.34. The predicted molar refractivity (Wildman–Crippen MR) is 79.0 cm³/mol. The van der Waals surface area contributed by atoms with Gasteiger partial charge in [-0.15, -0.1) is 12.4 Å². The summed E-state index contributed by atoms with van der Waals surface area (Å²) >= 11 is 0. The SMILES string of the molecule is COc1ccc(CNCc2cc(C(F)(F)F)nn2C)cc1.Cl. The zero-order valence-corrected chi connectivity index (χ0v) is 13.0. The van der Waals surface area contributed by atoms with E-state index in [1.807, 2.05) is 24.3 Å². The summed E-state index contributed by atoms with van der Waals surface area (Å²) in [5.74, 6) is 0.764. The molecule has 4 nitrogen and oxygen atoms in total. The third-order valence-electron chi connectivity index (χ3n) is 3.06. The number of ether oxygens (including phenoxy) is 1. The van der Waals surface area contributed by atoms with Gasteiger partial charge < -0.3 is 10.1 Å². The maximum absolute atomic E-state index is 12.5. The third kappa shape index (κ3) is 4.64. The Balaban J connectivity index is 0.00000242. The summed E-state index contributed by atoms with van der Waals surface area (Å²) in [6.45, 7) is 0.863. The molecule has 2 rings (SSSR count). The van der Waals surface area contributed by atoms with Crippen LogP contribution < -0.4 is 10.1 Å². The van der Waals surface area contributed by atoms with Crippen molar-refractivity contribution in [2.75, 3.05) is 7.11 Å². The number of hydrogen-bond acceptors (Lipinski definition) is 3. The van der Waals surface area contributed by atoms with Crippen molar-refractivity contribution in [1.82, 2.24) is 15.1 Å². The number of nitrogens with one attached hydrogen (secondary N) is 1. The maximum atomic E-state index is 12.5. The first kappa shape index (κ1) is 18.3. The average molecular weight is 336 g/mol. The molecule has 122 valence electrons. The van der Waals surface area contributed by atoms with Crippen LogP contribution in [0.2, 0.25) is 0 Å². The molecule has 0 radical (unpaired) electrons. The molecule has 0 aliphatic carbocycles. The smallest absolute Gasteiger partial charge is 0.435 e. The van der Waals surface area contributed by atoms with Crippen LogP contribution in [0.4, 0.5) is 13.2 Å². The Labute approximate surface area is 132 Å². The van der Waals surface area contributed by atoms with Crippen molar-refractivity contribution in [2.45, 2.75) is 19.3 Å². The van der Waals surface area contributed by atoms with Crippen LogP contribution in [0.15, 0.2) is 30.3 Å². The van der Waals surface area contributed by atoms with Gasteiger partial charge in [0.05, 0.1) is 12.8 Å². The highest BCUT2D eigenvalue weighted by molar-refractivity contribution is 5.85. The van der Waals surface area contributed by atoms with Crippen molar-refractivity contribution in [2.24, 2.45) is 7.05 Å². The molecule has 22 heavy (non-hydrogen) atoms. The number of nitrogens with zero attached hydrogens (tertiary/aromatic N) is 2. The molecule has 1 heterocycles. The summed E-state index contributed by atoms with van der Waals surface area (Å²) in [4.78, 5) is 0.